The van der Waals surface area contributed by atoms with Crippen LogP contribution in [0.25, 0.3) is 0 Å². The van der Waals surface area contributed by atoms with Crippen LogP contribution in [0.1, 0.15) is 207 Å². The minimum absolute atomic E-state index is 0.173. The Morgan fingerprint density at radius 1 is 0.396 bits per heavy atom. The second kappa shape index (κ2) is 36.5. The number of unbranched alkanes of at least 4 members (excludes halogenated alkanes) is 24. The summed E-state index contributed by atoms with van der Waals surface area (Å²) in [6.45, 7) is 9.91. The third kappa shape index (κ3) is 32.9. The van der Waals surface area contributed by atoms with Crippen molar-refractivity contribution in [3.05, 3.63) is 0 Å². The predicted octanol–water partition coefficient (Wildman–Crippen LogP) is 10.7. The molecule has 0 saturated carbocycles. The van der Waals surface area contributed by atoms with Crippen LogP contribution < -0.4 is 0 Å². The summed E-state index contributed by atoms with van der Waals surface area (Å²) in [7, 11) is 0. The normalized spacial score (nSPS) is 14.6. The Labute approximate surface area is 299 Å². The second-order valence-corrected chi connectivity index (χ2v) is 15.8. The molecule has 0 unspecified atom stereocenters. The third-order valence-corrected chi connectivity index (χ3v) is 9.92. The molecule has 0 aromatic carbocycles. The minimum Gasteiger partial charge on any atom is -0.394 e. The molecule has 4 atom stereocenters. The number of hydrogen-bond acceptors (Lipinski definition) is 6. The van der Waals surface area contributed by atoms with Crippen LogP contribution in [-0.4, -0.2) is 71.3 Å². The van der Waals surface area contributed by atoms with Crippen LogP contribution in [0, 0.1) is 11.8 Å². The largest absolute Gasteiger partial charge is 0.394 e. The first-order valence-corrected chi connectivity index (χ1v) is 21.1. The van der Waals surface area contributed by atoms with Crippen molar-refractivity contribution >= 4 is 0 Å². The van der Waals surface area contributed by atoms with Gasteiger partial charge in [0.05, 0.1) is 13.2 Å². The van der Waals surface area contributed by atoms with Crippen molar-refractivity contribution < 1.29 is 29.9 Å². The summed E-state index contributed by atoms with van der Waals surface area (Å²) in [5.74, 6) is 1.69. The molecule has 290 valence electrons. The molecule has 0 radical (unpaired) electrons. The van der Waals surface area contributed by atoms with Gasteiger partial charge in [0.25, 0.3) is 0 Å². The first kappa shape index (κ1) is 47.8. The predicted molar refractivity (Wildman–Crippen MR) is 205 cm³/mol. The summed E-state index contributed by atoms with van der Waals surface area (Å²) in [4.78, 5) is 0. The summed E-state index contributed by atoms with van der Waals surface area (Å²) in [5.41, 5.74) is 0. The summed E-state index contributed by atoms with van der Waals surface area (Å²) >= 11 is 0. The molecule has 6 nitrogen and oxygen atoms in total. The Morgan fingerprint density at radius 3 is 1.04 bits per heavy atom. The van der Waals surface area contributed by atoms with Gasteiger partial charge in [-0.1, -0.05) is 195 Å². The highest BCUT2D eigenvalue weighted by Crippen LogP contribution is 2.17. The van der Waals surface area contributed by atoms with Crippen LogP contribution in [0.3, 0.4) is 0 Å². The molecular weight excluding hydrogens is 600 g/mol. The molecule has 0 aromatic heterocycles. The van der Waals surface area contributed by atoms with E-state index in [1.807, 2.05) is 0 Å². The summed E-state index contributed by atoms with van der Waals surface area (Å²) in [5, 5.41) is 39.9. The zero-order chi connectivity index (χ0) is 35.5. The highest BCUT2D eigenvalue weighted by atomic mass is 16.5. The Bertz CT molecular complexity index is 615. The zero-order valence-corrected chi connectivity index (χ0v) is 32.7. The van der Waals surface area contributed by atoms with Gasteiger partial charge in [-0.25, -0.2) is 0 Å². The van der Waals surface area contributed by atoms with Crippen molar-refractivity contribution in [2.24, 2.45) is 11.8 Å². The van der Waals surface area contributed by atoms with Crippen molar-refractivity contribution in [2.45, 2.75) is 232 Å². The van der Waals surface area contributed by atoms with E-state index in [1.165, 1.54) is 154 Å². The third-order valence-electron chi connectivity index (χ3n) is 9.92. The highest BCUT2D eigenvalue weighted by Gasteiger charge is 2.32. The van der Waals surface area contributed by atoms with E-state index in [4.69, 9.17) is 9.47 Å². The van der Waals surface area contributed by atoms with Gasteiger partial charge in [0.15, 0.2) is 0 Å². The van der Waals surface area contributed by atoms with E-state index in [9.17, 15) is 20.4 Å². The number of aliphatic hydroxyl groups is 4. The van der Waals surface area contributed by atoms with Crippen molar-refractivity contribution in [1.29, 1.82) is 0 Å². The van der Waals surface area contributed by atoms with E-state index >= 15 is 0 Å². The van der Waals surface area contributed by atoms with Crippen molar-refractivity contribution in [3.63, 3.8) is 0 Å². The van der Waals surface area contributed by atoms with E-state index < -0.39 is 31.0 Å². The zero-order valence-electron chi connectivity index (χ0n) is 32.7. The van der Waals surface area contributed by atoms with Gasteiger partial charge in [0.2, 0.25) is 0 Å². The van der Waals surface area contributed by atoms with Gasteiger partial charge in [-0.05, 0) is 24.7 Å². The molecule has 0 bridgehead atoms. The molecule has 0 aromatic rings. The molecule has 0 aliphatic heterocycles. The van der Waals surface area contributed by atoms with E-state index in [-0.39, 0.29) is 6.61 Å². The quantitative estimate of drug-likeness (QED) is 0.0480. The van der Waals surface area contributed by atoms with E-state index in [0.29, 0.717) is 13.2 Å². The smallest absolute Gasteiger partial charge is 0.111 e. The van der Waals surface area contributed by atoms with Gasteiger partial charge >= 0.3 is 0 Å². The van der Waals surface area contributed by atoms with E-state index in [1.54, 1.807) is 0 Å². The van der Waals surface area contributed by atoms with Crippen LogP contribution in [0.15, 0.2) is 0 Å². The van der Waals surface area contributed by atoms with Crippen LogP contribution in [0.5, 0.6) is 0 Å². The van der Waals surface area contributed by atoms with Crippen LogP contribution in [0.4, 0.5) is 0 Å². The summed E-state index contributed by atoms with van der Waals surface area (Å²) in [6.07, 6.45) is 31.7. The maximum absolute atomic E-state index is 10.6. The van der Waals surface area contributed by atoms with Crippen LogP contribution >= 0.6 is 0 Å². The first-order valence-electron chi connectivity index (χ1n) is 21.1. The molecule has 6 heteroatoms. The van der Waals surface area contributed by atoms with Crippen LogP contribution in [-0.2, 0) is 9.47 Å². The minimum atomic E-state index is -1.47. The fraction of sp³-hybridized carbons (Fsp3) is 1.00. The second-order valence-electron chi connectivity index (χ2n) is 15.8. The van der Waals surface area contributed by atoms with Gasteiger partial charge in [-0.2, -0.15) is 0 Å². The molecule has 48 heavy (non-hydrogen) atoms. The Kier molecular flexibility index (Phi) is 36.4. The SMILES string of the molecule is CC(C)CCCCCCCCCCCCCCCOC[C@@H](OCCCCCCCCCCCCCCCC(C)C)[C@@H](O)[C@H](O)[C@@H](O)CO. The lowest BCUT2D eigenvalue weighted by atomic mass is 10.0. The molecule has 0 aliphatic rings. The number of hydrogen-bond donors (Lipinski definition) is 4. The summed E-state index contributed by atoms with van der Waals surface area (Å²) in [6, 6.07) is 0. The van der Waals surface area contributed by atoms with Crippen LogP contribution in [0.2, 0.25) is 0 Å². The fourth-order valence-corrected chi connectivity index (χ4v) is 6.54. The average molecular weight is 687 g/mol. The summed E-state index contributed by atoms with van der Waals surface area (Å²) < 4.78 is 11.8. The van der Waals surface area contributed by atoms with Gasteiger partial charge in [0, 0.05) is 13.2 Å². The highest BCUT2D eigenvalue weighted by molar-refractivity contribution is 4.81. The molecule has 0 amide bonds. The van der Waals surface area contributed by atoms with Crippen molar-refractivity contribution in [2.75, 3.05) is 26.4 Å². The molecule has 0 heterocycles. The van der Waals surface area contributed by atoms with Gasteiger partial charge in [0.1, 0.15) is 24.4 Å². The number of aliphatic hydroxyl groups excluding tert-OH is 4. The van der Waals surface area contributed by atoms with Crippen molar-refractivity contribution in [1.82, 2.24) is 0 Å². The molecule has 0 fully saturated rings. The number of ether oxygens (including phenoxy) is 2. The Hall–Kier alpha value is -0.240. The lowest BCUT2D eigenvalue weighted by Crippen LogP contribution is -2.48. The maximum Gasteiger partial charge on any atom is 0.111 e. The molecule has 0 aliphatic carbocycles. The molecule has 0 saturated heterocycles. The lowest BCUT2D eigenvalue weighted by molar-refractivity contribution is -0.147. The average Bonchev–Trinajstić information content (AvgIpc) is 3.07. The van der Waals surface area contributed by atoms with Gasteiger partial charge in [-0.15, -0.1) is 0 Å². The lowest BCUT2D eigenvalue weighted by Gasteiger charge is -2.29. The standard InChI is InChI=1S/C42H86O6/c1-37(2)31-27-23-19-15-11-7-5-9-13-17-21-25-29-33-47-36-40(42(46)41(45)39(44)35-43)48-34-30-26-22-18-14-10-6-8-12-16-20-24-28-32-38(3)4/h37-46H,5-36H2,1-4H3/t39-,40+,41+,42+/m0/s1. The molecule has 4 N–H and O–H groups in total. The topological polar surface area (TPSA) is 99.4 Å². The monoisotopic (exact) mass is 687 g/mol. The van der Waals surface area contributed by atoms with Gasteiger partial charge < -0.3 is 29.9 Å². The number of rotatable bonds is 39. The first-order chi connectivity index (χ1) is 23.3. The molecule has 0 spiro atoms. The van der Waals surface area contributed by atoms with Crippen molar-refractivity contribution in [3.8, 4) is 0 Å². The van der Waals surface area contributed by atoms with E-state index in [2.05, 4.69) is 27.7 Å². The molecular formula is C42H86O6. The van der Waals surface area contributed by atoms with E-state index in [0.717, 1.165) is 37.5 Å². The molecule has 0 rings (SSSR count). The Balaban J connectivity index is 3.85. The maximum atomic E-state index is 10.6. The van der Waals surface area contributed by atoms with Gasteiger partial charge in [-0.3, -0.25) is 0 Å². The Morgan fingerprint density at radius 2 is 0.708 bits per heavy atom. The fourth-order valence-electron chi connectivity index (χ4n) is 6.54.